The Kier molecular flexibility index (Phi) is 8.97. The minimum atomic E-state index is -1.26. The van der Waals surface area contributed by atoms with Gasteiger partial charge in [0, 0.05) is 24.6 Å². The van der Waals surface area contributed by atoms with E-state index in [1.807, 2.05) is 26.2 Å². The number of carboxylic acids is 2. The summed E-state index contributed by atoms with van der Waals surface area (Å²) < 4.78 is 0. The fraction of sp³-hybridized carbons (Fsp3) is 0.500. The van der Waals surface area contributed by atoms with Crippen LogP contribution >= 0.6 is 0 Å². The number of nitrogens with zero attached hydrogens (tertiary/aromatic N) is 1. The summed E-state index contributed by atoms with van der Waals surface area (Å²) in [4.78, 5) is 21.2. The van der Waals surface area contributed by atoms with Crippen molar-refractivity contribution in [3.8, 4) is 5.75 Å². The molecular weight excluding hydrogens is 350 g/mol. The average Bonchev–Trinajstić information content (AvgIpc) is 2.60. The molecule has 1 saturated carbocycles. The van der Waals surface area contributed by atoms with E-state index >= 15 is 0 Å². The van der Waals surface area contributed by atoms with Gasteiger partial charge < -0.3 is 25.3 Å². The number of aromatic hydroxyl groups is 1. The molecule has 1 atom stereocenters. The van der Waals surface area contributed by atoms with Crippen molar-refractivity contribution in [1.29, 1.82) is 0 Å². The van der Waals surface area contributed by atoms with Gasteiger partial charge in [-0.3, -0.25) is 0 Å². The lowest BCUT2D eigenvalue weighted by Gasteiger charge is -2.40. The van der Waals surface area contributed by atoms with Crippen LogP contribution in [0.1, 0.15) is 43.6 Å². The fourth-order valence-corrected chi connectivity index (χ4v) is 3.31. The van der Waals surface area contributed by atoms with Gasteiger partial charge in [-0.2, -0.15) is 0 Å². The van der Waals surface area contributed by atoms with Gasteiger partial charge in [0.15, 0.2) is 0 Å². The number of carbonyl (C=O) groups is 2. The number of phenols is 1. The summed E-state index contributed by atoms with van der Waals surface area (Å²) in [6.07, 6.45) is 6.33. The van der Waals surface area contributed by atoms with Crippen molar-refractivity contribution in [2.24, 2.45) is 0 Å². The molecule has 1 aromatic carbocycles. The number of hydrogen-bond donors (Lipinski definition) is 4. The minimum absolute atomic E-state index is 0.114. The predicted octanol–water partition coefficient (Wildman–Crippen LogP) is 2.44. The number of hydrogen-bond acceptors (Lipinski definition) is 5. The summed E-state index contributed by atoms with van der Waals surface area (Å²) in [5.74, 6) is -2.12. The highest BCUT2D eigenvalue weighted by molar-refractivity contribution is 5.89. The number of rotatable bonds is 6. The molecule has 0 heterocycles. The van der Waals surface area contributed by atoms with Crippen LogP contribution in [-0.4, -0.2) is 63.5 Å². The Morgan fingerprint density at radius 1 is 1.04 bits per heavy atom. The number of carboxylic acid groups (broad SMARTS) is 2. The lowest BCUT2D eigenvalue weighted by molar-refractivity contribution is -0.134. The first kappa shape index (κ1) is 22.7. The Morgan fingerprint density at radius 2 is 1.52 bits per heavy atom. The average molecular weight is 379 g/mol. The highest BCUT2D eigenvalue weighted by atomic mass is 16.4. The van der Waals surface area contributed by atoms with E-state index in [4.69, 9.17) is 10.2 Å². The molecule has 0 amide bonds. The normalized spacial score (nSPS) is 17.2. The van der Waals surface area contributed by atoms with Crippen LogP contribution in [-0.2, 0) is 9.59 Å². The van der Waals surface area contributed by atoms with Crippen LogP contribution in [0.3, 0.4) is 0 Å². The molecule has 7 heteroatoms. The molecule has 1 aliphatic carbocycles. The van der Waals surface area contributed by atoms with Crippen molar-refractivity contribution in [3.63, 3.8) is 0 Å². The van der Waals surface area contributed by atoms with Crippen LogP contribution in [0, 0.1) is 0 Å². The molecule has 1 fully saturated rings. The van der Waals surface area contributed by atoms with Gasteiger partial charge in [0.25, 0.3) is 0 Å². The molecule has 0 spiro atoms. The molecule has 150 valence electrons. The number of aliphatic hydroxyl groups is 1. The van der Waals surface area contributed by atoms with Crippen molar-refractivity contribution < 1.29 is 30.0 Å². The molecule has 0 aliphatic heterocycles. The van der Waals surface area contributed by atoms with Gasteiger partial charge in [0.2, 0.25) is 0 Å². The molecule has 4 N–H and O–H groups in total. The zero-order valence-corrected chi connectivity index (χ0v) is 15.8. The zero-order chi connectivity index (χ0) is 20.4. The standard InChI is InChI=1S/C16H25NO2.C4H4O4/c1-17(2)12-15(13-6-8-14(18)9-7-13)16(19)10-4-3-5-11-16;5-3(6)1-2-4(7)8/h6-9,15,18-19H,3-5,10-12H2,1-2H3;1-2H,(H,5,6)(H,7,8)/b;2-1-. The summed E-state index contributed by atoms with van der Waals surface area (Å²) in [7, 11) is 4.08. The Hall–Kier alpha value is -2.38. The van der Waals surface area contributed by atoms with Crippen LogP contribution in [0.25, 0.3) is 0 Å². The Morgan fingerprint density at radius 3 is 1.93 bits per heavy atom. The highest BCUT2D eigenvalue weighted by Crippen LogP contribution is 2.40. The van der Waals surface area contributed by atoms with Gasteiger partial charge in [0.1, 0.15) is 5.75 Å². The van der Waals surface area contributed by atoms with E-state index in [2.05, 4.69) is 4.90 Å². The number of aliphatic carboxylic acids is 2. The molecule has 1 aliphatic rings. The first-order valence-corrected chi connectivity index (χ1v) is 8.94. The van der Waals surface area contributed by atoms with Gasteiger partial charge in [0.05, 0.1) is 5.60 Å². The molecular formula is C20H29NO6. The monoisotopic (exact) mass is 379 g/mol. The fourth-order valence-electron chi connectivity index (χ4n) is 3.31. The van der Waals surface area contributed by atoms with Crippen molar-refractivity contribution in [1.82, 2.24) is 4.90 Å². The Bertz CT molecular complexity index is 616. The third kappa shape index (κ3) is 8.23. The van der Waals surface area contributed by atoms with Crippen molar-refractivity contribution in [2.75, 3.05) is 20.6 Å². The topological polar surface area (TPSA) is 118 Å². The van der Waals surface area contributed by atoms with Crippen molar-refractivity contribution in [3.05, 3.63) is 42.0 Å². The molecule has 0 radical (unpaired) electrons. The molecule has 7 nitrogen and oxygen atoms in total. The molecule has 2 rings (SSSR count). The van der Waals surface area contributed by atoms with Crippen LogP contribution < -0.4 is 0 Å². The largest absolute Gasteiger partial charge is 0.508 e. The SMILES string of the molecule is CN(C)CC(c1ccc(O)cc1)C1(O)CCCCC1.O=C(O)/C=C\C(=O)O. The van der Waals surface area contributed by atoms with E-state index in [-0.39, 0.29) is 11.7 Å². The summed E-state index contributed by atoms with van der Waals surface area (Å²) in [6.45, 7) is 0.835. The van der Waals surface area contributed by atoms with E-state index in [1.54, 1.807) is 12.1 Å². The van der Waals surface area contributed by atoms with Crippen LogP contribution in [0.5, 0.6) is 5.75 Å². The summed E-state index contributed by atoms with van der Waals surface area (Å²) in [5, 5.41) is 36.1. The second-order valence-electron chi connectivity index (χ2n) is 7.08. The first-order chi connectivity index (χ1) is 12.6. The molecule has 0 aromatic heterocycles. The molecule has 0 bridgehead atoms. The lowest BCUT2D eigenvalue weighted by Crippen LogP contribution is -2.42. The Labute approximate surface area is 159 Å². The molecule has 0 saturated heterocycles. The number of benzene rings is 1. The first-order valence-electron chi connectivity index (χ1n) is 8.94. The van der Waals surface area contributed by atoms with Gasteiger partial charge in [-0.05, 0) is 44.6 Å². The predicted molar refractivity (Wildman–Crippen MR) is 102 cm³/mol. The maximum atomic E-state index is 11.0. The Balaban J connectivity index is 0.000000387. The number of phenolic OH excluding ortho intramolecular Hbond substituents is 1. The van der Waals surface area contributed by atoms with Gasteiger partial charge >= 0.3 is 11.9 Å². The zero-order valence-electron chi connectivity index (χ0n) is 15.8. The van der Waals surface area contributed by atoms with E-state index in [0.29, 0.717) is 12.2 Å². The lowest BCUT2D eigenvalue weighted by atomic mass is 9.72. The van der Waals surface area contributed by atoms with Crippen molar-refractivity contribution >= 4 is 11.9 Å². The quantitative estimate of drug-likeness (QED) is 0.561. The van der Waals surface area contributed by atoms with Gasteiger partial charge in [-0.25, -0.2) is 9.59 Å². The van der Waals surface area contributed by atoms with Crippen LogP contribution in [0.4, 0.5) is 0 Å². The molecule has 27 heavy (non-hydrogen) atoms. The van der Waals surface area contributed by atoms with Gasteiger partial charge in [-0.1, -0.05) is 31.4 Å². The second-order valence-corrected chi connectivity index (χ2v) is 7.08. The van der Waals surface area contributed by atoms with E-state index in [1.165, 1.54) is 6.42 Å². The highest BCUT2D eigenvalue weighted by Gasteiger charge is 2.38. The molecule has 1 unspecified atom stereocenters. The van der Waals surface area contributed by atoms with Gasteiger partial charge in [-0.15, -0.1) is 0 Å². The van der Waals surface area contributed by atoms with Crippen LogP contribution in [0.2, 0.25) is 0 Å². The third-order valence-electron chi connectivity index (χ3n) is 4.58. The maximum Gasteiger partial charge on any atom is 0.328 e. The maximum absolute atomic E-state index is 11.0. The van der Waals surface area contributed by atoms with E-state index in [9.17, 15) is 19.8 Å². The summed E-state index contributed by atoms with van der Waals surface area (Å²) in [6, 6.07) is 7.31. The second kappa shape index (κ2) is 10.7. The summed E-state index contributed by atoms with van der Waals surface area (Å²) in [5.41, 5.74) is 0.523. The third-order valence-corrected chi connectivity index (χ3v) is 4.58. The minimum Gasteiger partial charge on any atom is -0.508 e. The van der Waals surface area contributed by atoms with E-state index in [0.717, 1.165) is 37.8 Å². The molecule has 1 aromatic rings. The smallest absolute Gasteiger partial charge is 0.328 e. The van der Waals surface area contributed by atoms with Crippen LogP contribution in [0.15, 0.2) is 36.4 Å². The van der Waals surface area contributed by atoms with Crippen molar-refractivity contribution in [2.45, 2.75) is 43.6 Å². The van der Waals surface area contributed by atoms with E-state index < -0.39 is 17.5 Å². The number of likely N-dealkylation sites (N-methyl/N-ethyl adjacent to an activating group) is 1. The summed E-state index contributed by atoms with van der Waals surface area (Å²) >= 11 is 0.